The first-order valence-corrected chi connectivity index (χ1v) is 8.01. The van der Waals surface area contributed by atoms with Gasteiger partial charge in [0.25, 0.3) is 0 Å². The molecule has 19 heavy (non-hydrogen) atoms. The van der Waals surface area contributed by atoms with E-state index in [9.17, 15) is 0 Å². The van der Waals surface area contributed by atoms with Crippen molar-refractivity contribution in [1.29, 1.82) is 0 Å². The van der Waals surface area contributed by atoms with Crippen molar-refractivity contribution in [2.75, 3.05) is 0 Å². The Balaban J connectivity index is 2.15. The van der Waals surface area contributed by atoms with E-state index >= 15 is 0 Å². The van der Waals surface area contributed by atoms with Crippen molar-refractivity contribution >= 4 is 0 Å². The summed E-state index contributed by atoms with van der Waals surface area (Å²) in [5.74, 6) is 3.54. The number of rotatable bonds is 0. The molecule has 0 amide bonds. The molecule has 0 N–H and O–H groups in total. The number of hydrogen-bond acceptors (Lipinski definition) is 1. The van der Waals surface area contributed by atoms with Crippen LogP contribution in [0, 0.1) is 28.6 Å². The Morgan fingerprint density at radius 2 is 1.63 bits per heavy atom. The van der Waals surface area contributed by atoms with Gasteiger partial charge in [-0.25, -0.2) is 0 Å². The third-order valence-corrected chi connectivity index (χ3v) is 6.70. The smallest absolute Gasteiger partial charge is 0.104 e. The summed E-state index contributed by atoms with van der Waals surface area (Å²) < 4.78 is 6.42. The van der Waals surface area contributed by atoms with Crippen molar-refractivity contribution < 1.29 is 4.74 Å². The van der Waals surface area contributed by atoms with Crippen molar-refractivity contribution in [2.24, 2.45) is 28.6 Å². The molecule has 0 aromatic heterocycles. The van der Waals surface area contributed by atoms with Gasteiger partial charge in [0, 0.05) is 5.92 Å². The van der Waals surface area contributed by atoms with E-state index in [2.05, 4.69) is 48.5 Å². The van der Waals surface area contributed by atoms with Crippen LogP contribution in [0.1, 0.15) is 67.7 Å². The predicted molar refractivity (Wildman–Crippen MR) is 79.7 cm³/mol. The molecular weight excluding hydrogens is 232 g/mol. The predicted octanol–water partition coefficient (Wildman–Crippen LogP) is 5.17. The van der Waals surface area contributed by atoms with Crippen LogP contribution < -0.4 is 0 Å². The van der Waals surface area contributed by atoms with E-state index in [0.717, 1.165) is 11.8 Å². The van der Waals surface area contributed by atoms with Crippen LogP contribution in [0.4, 0.5) is 0 Å². The Morgan fingerprint density at radius 1 is 1.00 bits per heavy atom. The molecule has 0 bridgehead atoms. The topological polar surface area (TPSA) is 9.23 Å². The van der Waals surface area contributed by atoms with E-state index in [1.807, 2.05) is 0 Å². The minimum absolute atomic E-state index is 0.0495. The second-order valence-corrected chi connectivity index (χ2v) is 8.94. The summed E-state index contributed by atoms with van der Waals surface area (Å²) in [4.78, 5) is 0. The number of hydrogen-bond donors (Lipinski definition) is 0. The number of ether oxygens (including phenoxy) is 1. The molecule has 2 fully saturated rings. The summed E-state index contributed by atoms with van der Waals surface area (Å²) in [6.07, 6.45) is 3.91. The molecule has 0 spiro atoms. The molecule has 1 nitrogen and oxygen atoms in total. The molecule has 1 saturated carbocycles. The highest BCUT2D eigenvalue weighted by Gasteiger charge is 2.58. The Morgan fingerprint density at radius 3 is 2.26 bits per heavy atom. The van der Waals surface area contributed by atoms with E-state index in [1.165, 1.54) is 25.0 Å². The summed E-state index contributed by atoms with van der Waals surface area (Å²) in [5.41, 5.74) is 2.43. The molecule has 0 unspecified atom stereocenters. The zero-order valence-corrected chi connectivity index (χ0v) is 13.8. The normalized spacial score (nSPS) is 41.7. The first-order valence-electron chi connectivity index (χ1n) is 8.01. The van der Waals surface area contributed by atoms with Crippen molar-refractivity contribution in [3.63, 3.8) is 0 Å². The maximum Gasteiger partial charge on any atom is 0.104 e. The summed E-state index contributed by atoms with van der Waals surface area (Å²) in [6, 6.07) is 0. The van der Waals surface area contributed by atoms with Gasteiger partial charge in [0.2, 0.25) is 0 Å². The van der Waals surface area contributed by atoms with Gasteiger partial charge in [-0.1, -0.05) is 34.6 Å². The van der Waals surface area contributed by atoms with Gasteiger partial charge in [0.05, 0.1) is 0 Å². The highest BCUT2D eigenvalue weighted by molar-refractivity contribution is 5.34. The molecule has 1 saturated heterocycles. The molecule has 3 aliphatic rings. The van der Waals surface area contributed by atoms with Gasteiger partial charge in [0.15, 0.2) is 0 Å². The van der Waals surface area contributed by atoms with Gasteiger partial charge >= 0.3 is 0 Å². The SMILES string of the molecule is C[C@@H]1C(C)(C)C2=C3OC(C)(C)C[C@@H]3CC[C@H]2C1(C)C. The lowest BCUT2D eigenvalue weighted by atomic mass is 9.70. The van der Waals surface area contributed by atoms with Gasteiger partial charge in [-0.2, -0.15) is 0 Å². The molecule has 0 aromatic carbocycles. The molecule has 3 rings (SSSR count). The fourth-order valence-electron chi connectivity index (χ4n) is 5.28. The van der Waals surface area contributed by atoms with Crippen LogP contribution in [0.2, 0.25) is 0 Å². The van der Waals surface area contributed by atoms with Gasteiger partial charge < -0.3 is 4.74 Å². The fourth-order valence-corrected chi connectivity index (χ4v) is 5.28. The van der Waals surface area contributed by atoms with Crippen molar-refractivity contribution in [1.82, 2.24) is 0 Å². The maximum atomic E-state index is 6.42. The summed E-state index contributed by atoms with van der Waals surface area (Å²) in [7, 11) is 0. The van der Waals surface area contributed by atoms with E-state index in [-0.39, 0.29) is 5.60 Å². The molecule has 1 heterocycles. The lowest BCUT2D eigenvalue weighted by Crippen LogP contribution is -2.27. The second-order valence-electron chi connectivity index (χ2n) is 8.94. The Hall–Kier alpha value is -0.460. The first kappa shape index (κ1) is 13.5. The Bertz CT molecular complexity index is 439. The van der Waals surface area contributed by atoms with Crippen LogP contribution in [0.5, 0.6) is 0 Å². The quantitative estimate of drug-likeness (QED) is 0.585. The van der Waals surface area contributed by atoms with Crippen molar-refractivity contribution in [3.05, 3.63) is 11.3 Å². The van der Waals surface area contributed by atoms with Gasteiger partial charge in [0.1, 0.15) is 11.4 Å². The molecule has 0 aromatic rings. The zero-order valence-electron chi connectivity index (χ0n) is 13.8. The summed E-state index contributed by atoms with van der Waals surface area (Å²) >= 11 is 0. The molecule has 0 radical (unpaired) electrons. The standard InChI is InChI=1S/C18H30O/c1-11-17(4,5)13-9-8-12-10-16(2,3)19-15(12)14(13)18(11,6)7/h11-13H,8-10H2,1-7H3/t11-,12-,13+/m0/s1. The van der Waals surface area contributed by atoms with Gasteiger partial charge in [-0.05, 0) is 61.3 Å². The number of allylic oxidation sites excluding steroid dienone is 2. The van der Waals surface area contributed by atoms with E-state index in [1.54, 1.807) is 5.57 Å². The van der Waals surface area contributed by atoms with E-state index in [4.69, 9.17) is 4.74 Å². The van der Waals surface area contributed by atoms with Crippen LogP contribution in [0.15, 0.2) is 11.3 Å². The number of fused-ring (bicyclic) bond motifs is 2. The third kappa shape index (κ3) is 1.66. The first-order chi connectivity index (χ1) is 8.57. The van der Waals surface area contributed by atoms with Crippen LogP contribution in [0.25, 0.3) is 0 Å². The Kier molecular flexibility index (Phi) is 2.56. The van der Waals surface area contributed by atoms with Gasteiger partial charge in [-0.3, -0.25) is 0 Å². The third-order valence-electron chi connectivity index (χ3n) is 6.70. The van der Waals surface area contributed by atoms with E-state index < -0.39 is 0 Å². The minimum atomic E-state index is 0.0495. The fraction of sp³-hybridized carbons (Fsp3) is 0.889. The van der Waals surface area contributed by atoms with E-state index in [0.29, 0.717) is 16.7 Å². The average molecular weight is 262 g/mol. The van der Waals surface area contributed by atoms with Crippen molar-refractivity contribution in [2.45, 2.75) is 73.3 Å². The van der Waals surface area contributed by atoms with Gasteiger partial charge in [-0.15, -0.1) is 0 Å². The lowest BCUT2D eigenvalue weighted by molar-refractivity contribution is 0.0706. The minimum Gasteiger partial charge on any atom is -0.492 e. The zero-order chi connectivity index (χ0) is 14.2. The van der Waals surface area contributed by atoms with Crippen LogP contribution in [0.3, 0.4) is 0 Å². The molecule has 108 valence electrons. The van der Waals surface area contributed by atoms with Crippen molar-refractivity contribution in [3.8, 4) is 0 Å². The van der Waals surface area contributed by atoms with Crippen LogP contribution in [-0.4, -0.2) is 5.60 Å². The highest BCUT2D eigenvalue weighted by atomic mass is 16.5. The molecule has 2 aliphatic carbocycles. The Labute approximate surface area is 118 Å². The second kappa shape index (κ2) is 3.59. The monoisotopic (exact) mass is 262 g/mol. The average Bonchev–Trinajstić information content (AvgIpc) is 2.65. The van der Waals surface area contributed by atoms with Crippen LogP contribution >= 0.6 is 0 Å². The maximum absolute atomic E-state index is 6.42. The summed E-state index contributed by atoms with van der Waals surface area (Å²) in [5, 5.41) is 0. The molecule has 3 atom stereocenters. The lowest BCUT2D eigenvalue weighted by Gasteiger charge is -2.34. The largest absolute Gasteiger partial charge is 0.492 e. The summed E-state index contributed by atoms with van der Waals surface area (Å²) in [6.45, 7) is 16.8. The highest BCUT2D eigenvalue weighted by Crippen LogP contribution is 2.66. The molecule has 1 heteroatoms. The molecular formula is C18H30O. The molecule has 1 aliphatic heterocycles. The van der Waals surface area contributed by atoms with Crippen LogP contribution in [-0.2, 0) is 4.74 Å².